The van der Waals surface area contributed by atoms with Gasteiger partial charge in [-0.2, -0.15) is 4.31 Å². The number of esters is 1. The van der Waals surface area contributed by atoms with Gasteiger partial charge in [-0.05, 0) is 36.4 Å². The molecule has 5 rings (SSSR count). The third-order valence-electron chi connectivity index (χ3n) is 7.16. The maximum Gasteiger partial charge on any atom is 0.303 e. The molecule has 0 unspecified atom stereocenters. The van der Waals surface area contributed by atoms with Crippen molar-refractivity contribution in [1.29, 1.82) is 0 Å². The van der Waals surface area contributed by atoms with Crippen LogP contribution < -0.4 is 9.64 Å². The predicted molar refractivity (Wildman–Crippen MR) is 142 cm³/mol. The van der Waals surface area contributed by atoms with E-state index < -0.39 is 21.6 Å². The number of hydrogen-bond donors (Lipinski definition) is 0. The Morgan fingerprint density at radius 3 is 2.55 bits per heavy atom. The van der Waals surface area contributed by atoms with Gasteiger partial charge >= 0.3 is 5.97 Å². The summed E-state index contributed by atoms with van der Waals surface area (Å²) in [5, 5.41) is 0.500. The standard InChI is InChI=1S/C26H29ClN4O6S/c1-19(32)37-26(6-10-29(11-7-26)22-4-8-28-9-5-22)18-30-12-13-31(16-25(30)33)38(34,35)23-14-20-2-3-21(27)15-24(20)36-17-23/h2-5,8-9,14-15H,6-7,10-13,16-18H2,1H3. The van der Waals surface area contributed by atoms with Crippen LogP contribution in [0.1, 0.15) is 25.3 Å². The Balaban J connectivity index is 1.26. The summed E-state index contributed by atoms with van der Waals surface area (Å²) in [6.07, 6.45) is 6.13. The second-order valence-electron chi connectivity index (χ2n) is 9.70. The van der Waals surface area contributed by atoms with Crippen LogP contribution in [-0.4, -0.2) is 86.0 Å². The highest BCUT2D eigenvalue weighted by Gasteiger charge is 2.43. The van der Waals surface area contributed by atoms with E-state index in [0.29, 0.717) is 42.3 Å². The fraction of sp³-hybridized carbons (Fsp3) is 0.423. The molecule has 38 heavy (non-hydrogen) atoms. The van der Waals surface area contributed by atoms with Crippen molar-refractivity contribution in [3.05, 3.63) is 58.2 Å². The fourth-order valence-electron chi connectivity index (χ4n) is 5.16. The van der Waals surface area contributed by atoms with Crippen molar-refractivity contribution in [1.82, 2.24) is 14.2 Å². The van der Waals surface area contributed by atoms with Crippen LogP contribution in [0.15, 0.2) is 47.6 Å². The van der Waals surface area contributed by atoms with E-state index in [1.54, 1.807) is 41.6 Å². The highest BCUT2D eigenvalue weighted by Crippen LogP contribution is 2.33. The molecule has 2 fully saturated rings. The molecule has 0 bridgehead atoms. The molecule has 0 spiro atoms. The van der Waals surface area contributed by atoms with Gasteiger partial charge in [-0.25, -0.2) is 8.42 Å². The molecule has 0 atom stereocenters. The van der Waals surface area contributed by atoms with E-state index in [4.69, 9.17) is 21.1 Å². The molecule has 0 aliphatic carbocycles. The van der Waals surface area contributed by atoms with Crippen molar-refractivity contribution in [3.63, 3.8) is 0 Å². The number of ether oxygens (including phenoxy) is 2. The third-order valence-corrected chi connectivity index (χ3v) is 9.28. The topological polar surface area (TPSA) is 109 Å². The number of hydrogen-bond acceptors (Lipinski definition) is 8. The molecular weight excluding hydrogens is 532 g/mol. The second-order valence-corrected chi connectivity index (χ2v) is 12.1. The fourth-order valence-corrected chi connectivity index (χ4v) is 6.74. The number of rotatable bonds is 6. The molecule has 202 valence electrons. The van der Waals surface area contributed by atoms with Crippen LogP contribution >= 0.6 is 11.6 Å². The zero-order chi connectivity index (χ0) is 26.9. The summed E-state index contributed by atoms with van der Waals surface area (Å²) in [5.74, 6) is -0.211. The van der Waals surface area contributed by atoms with Crippen molar-refractivity contribution < 1.29 is 27.5 Å². The number of benzene rings is 1. The number of nitrogens with zero attached hydrogens (tertiary/aromatic N) is 4. The Morgan fingerprint density at radius 1 is 1.13 bits per heavy atom. The van der Waals surface area contributed by atoms with Crippen molar-refractivity contribution in [3.8, 4) is 5.75 Å². The van der Waals surface area contributed by atoms with Gasteiger partial charge in [0.1, 0.15) is 18.0 Å². The Morgan fingerprint density at radius 2 is 1.87 bits per heavy atom. The quantitative estimate of drug-likeness (QED) is 0.496. The molecule has 12 heteroatoms. The van der Waals surface area contributed by atoms with Gasteiger partial charge in [-0.1, -0.05) is 11.6 Å². The van der Waals surface area contributed by atoms with Crippen LogP contribution in [0.5, 0.6) is 5.75 Å². The summed E-state index contributed by atoms with van der Waals surface area (Å²) in [4.78, 5) is 33.1. The summed E-state index contributed by atoms with van der Waals surface area (Å²) >= 11 is 6.00. The lowest BCUT2D eigenvalue weighted by Crippen LogP contribution is -2.59. The SMILES string of the molecule is CC(=O)OC1(CN2CCN(S(=O)(=O)C3=Cc4ccc(Cl)cc4OC3)CC2=O)CCN(c2ccncc2)CC1. The summed E-state index contributed by atoms with van der Waals surface area (Å²) in [6, 6.07) is 8.87. The number of aromatic nitrogens is 1. The number of carbonyl (C=O) groups is 2. The monoisotopic (exact) mass is 560 g/mol. The third kappa shape index (κ3) is 5.50. The smallest absolute Gasteiger partial charge is 0.303 e. The minimum absolute atomic E-state index is 0.0911. The van der Waals surface area contributed by atoms with E-state index in [9.17, 15) is 18.0 Å². The van der Waals surface area contributed by atoms with Gasteiger partial charge < -0.3 is 19.3 Å². The van der Waals surface area contributed by atoms with E-state index in [-0.39, 0.29) is 43.6 Å². The first kappa shape index (κ1) is 26.5. The number of amides is 1. The van der Waals surface area contributed by atoms with Crippen LogP contribution in [-0.2, 0) is 24.3 Å². The van der Waals surface area contributed by atoms with Gasteiger partial charge in [0.25, 0.3) is 0 Å². The van der Waals surface area contributed by atoms with Crippen LogP contribution in [0.2, 0.25) is 5.02 Å². The van der Waals surface area contributed by atoms with Crippen molar-refractivity contribution in [2.45, 2.75) is 25.4 Å². The van der Waals surface area contributed by atoms with Crippen LogP contribution in [0.3, 0.4) is 0 Å². The molecule has 3 aliphatic heterocycles. The number of piperazine rings is 1. The lowest BCUT2D eigenvalue weighted by Gasteiger charge is -2.45. The molecule has 2 saturated heterocycles. The molecule has 10 nitrogen and oxygen atoms in total. The molecule has 0 radical (unpaired) electrons. The summed E-state index contributed by atoms with van der Waals surface area (Å²) < 4.78 is 39.3. The van der Waals surface area contributed by atoms with E-state index in [0.717, 1.165) is 5.69 Å². The molecule has 0 N–H and O–H groups in total. The van der Waals surface area contributed by atoms with E-state index in [1.807, 2.05) is 12.1 Å². The van der Waals surface area contributed by atoms with Crippen LogP contribution in [0.4, 0.5) is 5.69 Å². The largest absolute Gasteiger partial charge is 0.487 e. The highest BCUT2D eigenvalue weighted by atomic mass is 35.5. The summed E-state index contributed by atoms with van der Waals surface area (Å²) in [5.41, 5.74) is 0.834. The van der Waals surface area contributed by atoms with Gasteiger partial charge in [0.2, 0.25) is 15.9 Å². The lowest BCUT2D eigenvalue weighted by molar-refractivity contribution is -0.165. The molecule has 1 aromatic heterocycles. The average Bonchev–Trinajstić information content (AvgIpc) is 2.90. The first-order chi connectivity index (χ1) is 18.1. The number of carbonyl (C=O) groups excluding carboxylic acids is 2. The number of piperidine rings is 1. The van der Waals surface area contributed by atoms with Gasteiger partial charge in [0.05, 0.1) is 18.0 Å². The molecule has 1 aromatic carbocycles. The molecule has 3 aliphatic rings. The number of halogens is 1. The molecule has 1 amide bonds. The zero-order valence-corrected chi connectivity index (χ0v) is 22.6. The summed E-state index contributed by atoms with van der Waals surface area (Å²) in [6.45, 7) is 2.83. The second kappa shape index (κ2) is 10.5. The zero-order valence-electron chi connectivity index (χ0n) is 21.0. The summed E-state index contributed by atoms with van der Waals surface area (Å²) in [7, 11) is -3.91. The maximum absolute atomic E-state index is 13.3. The molecule has 2 aromatic rings. The van der Waals surface area contributed by atoms with Crippen molar-refractivity contribution in [2.24, 2.45) is 0 Å². The Kier molecular flexibility index (Phi) is 7.34. The minimum Gasteiger partial charge on any atom is -0.487 e. The Bertz CT molecular complexity index is 1360. The molecule has 0 saturated carbocycles. The van der Waals surface area contributed by atoms with Crippen LogP contribution in [0, 0.1) is 0 Å². The number of pyridine rings is 1. The van der Waals surface area contributed by atoms with Gasteiger partial charge in [-0.15, -0.1) is 0 Å². The first-order valence-electron chi connectivity index (χ1n) is 12.4. The van der Waals surface area contributed by atoms with Gasteiger partial charge in [0, 0.05) is 74.6 Å². The first-order valence-corrected chi connectivity index (χ1v) is 14.2. The lowest BCUT2D eigenvalue weighted by atomic mass is 9.89. The van der Waals surface area contributed by atoms with Crippen molar-refractivity contribution in [2.75, 3.05) is 50.8 Å². The average molecular weight is 561 g/mol. The van der Waals surface area contributed by atoms with E-state index >= 15 is 0 Å². The minimum atomic E-state index is -3.91. The number of fused-ring (bicyclic) bond motifs is 1. The number of anilines is 1. The normalized spacial score (nSPS) is 19.8. The maximum atomic E-state index is 13.3. The van der Waals surface area contributed by atoms with Crippen molar-refractivity contribution >= 4 is 45.3 Å². The van der Waals surface area contributed by atoms with Gasteiger partial charge in [-0.3, -0.25) is 14.6 Å². The number of sulfonamides is 1. The Labute approximate surface area is 226 Å². The highest BCUT2D eigenvalue weighted by molar-refractivity contribution is 7.93. The van der Waals surface area contributed by atoms with Crippen LogP contribution in [0.25, 0.3) is 6.08 Å². The molecular formula is C26H29ClN4O6S. The molecule has 4 heterocycles. The predicted octanol–water partition coefficient (Wildman–Crippen LogP) is 2.54. The van der Waals surface area contributed by atoms with Gasteiger partial charge in [0.15, 0.2) is 0 Å². The Hall–Kier alpha value is -3.15. The van der Waals surface area contributed by atoms with E-state index in [1.165, 1.54) is 11.2 Å². The van der Waals surface area contributed by atoms with E-state index in [2.05, 4.69) is 9.88 Å².